The third-order valence-corrected chi connectivity index (χ3v) is 7.79. The molecule has 0 aromatic carbocycles. The Morgan fingerprint density at radius 3 is 2.14 bits per heavy atom. The van der Waals surface area contributed by atoms with Gasteiger partial charge in [0.05, 0.1) is 18.3 Å². The number of hydrogen-bond acceptors (Lipinski definition) is 5. The lowest BCUT2D eigenvalue weighted by Crippen LogP contribution is -2.47. The van der Waals surface area contributed by atoms with E-state index in [1.165, 1.54) is 12.8 Å². The number of ether oxygens (including phenoxy) is 2. The fraction of sp³-hybridized carbons (Fsp3) is 1.00. The van der Waals surface area contributed by atoms with Crippen molar-refractivity contribution >= 4 is 8.80 Å². The van der Waals surface area contributed by atoms with Crippen LogP contribution in [0.1, 0.15) is 46.5 Å². The van der Waals surface area contributed by atoms with Crippen LogP contribution in [0.15, 0.2) is 0 Å². The highest BCUT2D eigenvalue weighted by Gasteiger charge is 2.47. The Morgan fingerprint density at radius 1 is 1.00 bits per heavy atom. The third-order valence-electron chi connectivity index (χ3n) is 4.70. The summed E-state index contributed by atoms with van der Waals surface area (Å²) in [4.78, 5) is 0. The van der Waals surface area contributed by atoms with Gasteiger partial charge in [-0.2, -0.15) is 0 Å². The number of rotatable bonds is 11. The van der Waals surface area contributed by atoms with Crippen molar-refractivity contribution < 1.29 is 22.8 Å². The van der Waals surface area contributed by atoms with E-state index < -0.39 is 8.80 Å². The molecule has 1 aliphatic carbocycles. The van der Waals surface area contributed by atoms with Crippen molar-refractivity contribution in [3.63, 3.8) is 0 Å². The predicted octanol–water partition coefficient (Wildman–Crippen LogP) is 3.01. The van der Waals surface area contributed by atoms with Crippen LogP contribution >= 0.6 is 0 Å². The SMILES string of the molecule is CCO[Si](CCC(OC)C1CCC2OC2C1)(OCC)OCC. The van der Waals surface area contributed by atoms with Crippen LogP contribution in [0.25, 0.3) is 0 Å². The summed E-state index contributed by atoms with van der Waals surface area (Å²) < 4.78 is 29.2. The van der Waals surface area contributed by atoms with E-state index in [-0.39, 0.29) is 6.10 Å². The first-order valence-electron chi connectivity index (χ1n) is 8.78. The first kappa shape index (κ1) is 18.4. The van der Waals surface area contributed by atoms with Gasteiger partial charge in [0.15, 0.2) is 0 Å². The summed E-state index contributed by atoms with van der Waals surface area (Å²) in [5, 5.41) is 0. The molecule has 0 amide bonds. The van der Waals surface area contributed by atoms with Gasteiger partial charge in [-0.25, -0.2) is 0 Å². The van der Waals surface area contributed by atoms with E-state index >= 15 is 0 Å². The Morgan fingerprint density at radius 2 is 1.64 bits per heavy atom. The zero-order valence-electron chi connectivity index (χ0n) is 14.5. The van der Waals surface area contributed by atoms with Crippen molar-refractivity contribution in [2.24, 2.45) is 5.92 Å². The quantitative estimate of drug-likeness (QED) is 0.430. The van der Waals surface area contributed by atoms with Gasteiger partial charge < -0.3 is 22.8 Å². The monoisotopic (exact) mass is 332 g/mol. The van der Waals surface area contributed by atoms with E-state index in [1.807, 2.05) is 27.9 Å². The molecule has 1 saturated heterocycles. The van der Waals surface area contributed by atoms with Crippen LogP contribution in [-0.2, 0) is 22.8 Å². The van der Waals surface area contributed by atoms with Crippen molar-refractivity contribution in [1.29, 1.82) is 0 Å². The summed E-state index contributed by atoms with van der Waals surface area (Å²) in [6, 6.07) is 0.826. The summed E-state index contributed by atoms with van der Waals surface area (Å²) in [6.45, 7) is 7.89. The van der Waals surface area contributed by atoms with Crippen LogP contribution in [0.3, 0.4) is 0 Å². The first-order valence-corrected chi connectivity index (χ1v) is 10.7. The molecule has 0 radical (unpaired) electrons. The molecule has 0 spiro atoms. The molecule has 5 nitrogen and oxygen atoms in total. The second-order valence-electron chi connectivity index (χ2n) is 6.08. The Balaban J connectivity index is 1.89. The zero-order valence-corrected chi connectivity index (χ0v) is 15.5. The summed E-state index contributed by atoms with van der Waals surface area (Å²) in [5.74, 6) is 0.588. The lowest BCUT2D eigenvalue weighted by atomic mass is 9.84. The summed E-state index contributed by atoms with van der Waals surface area (Å²) in [6.07, 6.45) is 5.73. The Hall–Kier alpha value is 0.0169. The molecule has 4 atom stereocenters. The van der Waals surface area contributed by atoms with Gasteiger partial charge in [0.2, 0.25) is 0 Å². The minimum absolute atomic E-state index is 0.249. The molecule has 4 unspecified atom stereocenters. The smallest absolute Gasteiger partial charge is 0.381 e. The Labute approximate surface area is 136 Å². The summed E-state index contributed by atoms with van der Waals surface area (Å²) in [7, 11) is -0.741. The predicted molar refractivity (Wildman–Crippen MR) is 86.9 cm³/mol. The minimum Gasteiger partial charge on any atom is -0.381 e. The normalized spacial score (nSPS) is 29.2. The highest BCUT2D eigenvalue weighted by Crippen LogP contribution is 2.42. The molecule has 2 rings (SSSR count). The van der Waals surface area contributed by atoms with E-state index in [1.54, 1.807) is 0 Å². The maximum absolute atomic E-state index is 5.94. The molecular formula is C16H32O5Si. The first-order chi connectivity index (χ1) is 10.7. The second-order valence-corrected chi connectivity index (χ2v) is 8.81. The molecule has 0 bridgehead atoms. The number of hydrogen-bond donors (Lipinski definition) is 0. The third kappa shape index (κ3) is 4.76. The molecule has 1 saturated carbocycles. The summed E-state index contributed by atoms with van der Waals surface area (Å²) >= 11 is 0. The van der Waals surface area contributed by atoms with Crippen LogP contribution in [0, 0.1) is 5.92 Å². The topological polar surface area (TPSA) is 49.5 Å². The molecule has 6 heteroatoms. The van der Waals surface area contributed by atoms with Gasteiger partial charge in [-0.05, 0) is 52.4 Å². The molecule has 2 aliphatic rings. The van der Waals surface area contributed by atoms with E-state index in [9.17, 15) is 0 Å². The van der Waals surface area contributed by atoms with Crippen molar-refractivity contribution in [2.75, 3.05) is 26.9 Å². The van der Waals surface area contributed by atoms with E-state index in [0.29, 0.717) is 37.9 Å². The van der Waals surface area contributed by atoms with Crippen molar-refractivity contribution in [1.82, 2.24) is 0 Å². The van der Waals surface area contributed by atoms with Crippen LogP contribution in [0.2, 0.25) is 6.04 Å². The molecule has 1 aliphatic heterocycles. The average Bonchev–Trinajstić information content (AvgIpc) is 3.27. The fourth-order valence-electron chi connectivity index (χ4n) is 3.64. The fourth-order valence-corrected chi connectivity index (χ4v) is 6.28. The van der Waals surface area contributed by atoms with Crippen molar-refractivity contribution in [3.05, 3.63) is 0 Å². The van der Waals surface area contributed by atoms with Crippen LogP contribution in [-0.4, -0.2) is 54.0 Å². The molecule has 2 fully saturated rings. The number of epoxide rings is 1. The van der Waals surface area contributed by atoms with Gasteiger partial charge in [-0.1, -0.05) is 0 Å². The second kappa shape index (κ2) is 8.75. The summed E-state index contributed by atoms with van der Waals surface area (Å²) in [5.41, 5.74) is 0. The van der Waals surface area contributed by atoms with Crippen molar-refractivity contribution in [2.45, 2.75) is 70.8 Å². The highest BCUT2D eigenvalue weighted by atomic mass is 28.4. The maximum atomic E-state index is 5.94. The lowest BCUT2D eigenvalue weighted by Gasteiger charge is -2.32. The van der Waals surface area contributed by atoms with E-state index in [4.69, 9.17) is 22.8 Å². The number of fused-ring (bicyclic) bond motifs is 1. The molecular weight excluding hydrogens is 300 g/mol. The Bertz CT molecular complexity index is 311. The van der Waals surface area contributed by atoms with E-state index in [0.717, 1.165) is 18.9 Å². The van der Waals surface area contributed by atoms with Gasteiger partial charge in [0.1, 0.15) is 0 Å². The molecule has 0 N–H and O–H groups in total. The molecule has 0 aromatic heterocycles. The van der Waals surface area contributed by atoms with Gasteiger partial charge in [-0.15, -0.1) is 0 Å². The Kier molecular flexibility index (Phi) is 7.30. The molecule has 0 aromatic rings. The maximum Gasteiger partial charge on any atom is 0.501 e. The molecule has 1 heterocycles. The molecule has 22 heavy (non-hydrogen) atoms. The van der Waals surface area contributed by atoms with Gasteiger partial charge >= 0.3 is 8.80 Å². The van der Waals surface area contributed by atoms with E-state index in [2.05, 4.69) is 0 Å². The van der Waals surface area contributed by atoms with Crippen LogP contribution < -0.4 is 0 Å². The highest BCUT2D eigenvalue weighted by molar-refractivity contribution is 6.60. The minimum atomic E-state index is -2.56. The number of methoxy groups -OCH3 is 1. The standard InChI is InChI=1S/C16H32O5Si/c1-5-18-22(19-6-2,20-7-3)11-10-14(17-4)13-8-9-15-16(12-13)21-15/h13-16H,5-12H2,1-4H3. The van der Waals surface area contributed by atoms with Crippen LogP contribution in [0.5, 0.6) is 0 Å². The van der Waals surface area contributed by atoms with Gasteiger partial charge in [0, 0.05) is 33.0 Å². The average molecular weight is 333 g/mol. The largest absolute Gasteiger partial charge is 0.501 e. The van der Waals surface area contributed by atoms with Crippen molar-refractivity contribution in [3.8, 4) is 0 Å². The van der Waals surface area contributed by atoms with Gasteiger partial charge in [0.25, 0.3) is 0 Å². The molecule has 130 valence electrons. The zero-order chi connectivity index (χ0) is 16.0. The van der Waals surface area contributed by atoms with Crippen LogP contribution in [0.4, 0.5) is 0 Å². The van der Waals surface area contributed by atoms with Gasteiger partial charge in [-0.3, -0.25) is 0 Å². The lowest BCUT2D eigenvalue weighted by molar-refractivity contribution is 0.0254.